The van der Waals surface area contributed by atoms with Crippen LogP contribution < -0.4 is 15.4 Å². The fourth-order valence-electron chi connectivity index (χ4n) is 2.14. The number of rotatable bonds is 4. The van der Waals surface area contributed by atoms with Crippen LogP contribution in [0.1, 0.15) is 11.1 Å². The summed E-state index contributed by atoms with van der Waals surface area (Å²) in [5.74, 6) is 0.424. The first kappa shape index (κ1) is 17.3. The smallest absolute Gasteiger partial charge is 0.410 e. The molecule has 3 amide bonds. The summed E-state index contributed by atoms with van der Waals surface area (Å²) in [5.41, 5.74) is 2.50. The Hall–Kier alpha value is -3.02. The lowest BCUT2D eigenvalue weighted by Crippen LogP contribution is -2.31. The summed E-state index contributed by atoms with van der Waals surface area (Å²) in [6, 6.07) is 14.4. The minimum atomic E-state index is -0.547. The highest BCUT2D eigenvalue weighted by Gasteiger charge is 2.14. The van der Waals surface area contributed by atoms with Gasteiger partial charge in [0.1, 0.15) is 5.75 Å². The highest BCUT2D eigenvalue weighted by Crippen LogP contribution is 2.20. The number of nitrogens with zero attached hydrogens (tertiary/aromatic N) is 1. The molecule has 0 fully saturated rings. The molecule has 0 spiro atoms. The molecule has 2 N–H and O–H groups in total. The molecule has 2 aromatic carbocycles. The molecule has 0 atom stereocenters. The lowest BCUT2D eigenvalue weighted by Gasteiger charge is -2.20. The van der Waals surface area contributed by atoms with Crippen LogP contribution in [0.2, 0.25) is 0 Å². The fraction of sp³-hybridized carbons (Fsp3) is 0.222. The van der Waals surface area contributed by atoms with Gasteiger partial charge in [-0.25, -0.2) is 9.59 Å². The zero-order valence-corrected chi connectivity index (χ0v) is 14.0. The molecular weight excluding hydrogens is 306 g/mol. The molecule has 0 aliphatic heterocycles. The third-order valence-corrected chi connectivity index (χ3v) is 3.52. The molecule has 0 unspecified atom stereocenters. The van der Waals surface area contributed by atoms with Gasteiger partial charge in [0.25, 0.3) is 0 Å². The monoisotopic (exact) mass is 327 g/mol. The van der Waals surface area contributed by atoms with E-state index in [0.717, 1.165) is 16.8 Å². The van der Waals surface area contributed by atoms with Crippen molar-refractivity contribution in [2.24, 2.45) is 0 Å². The number of carbonyl (C=O) groups excluding carboxylic acids is 2. The van der Waals surface area contributed by atoms with Gasteiger partial charge < -0.3 is 20.3 Å². The second-order valence-corrected chi connectivity index (χ2v) is 5.35. The summed E-state index contributed by atoms with van der Waals surface area (Å²) in [7, 11) is 3.18. The van der Waals surface area contributed by atoms with Gasteiger partial charge in [0, 0.05) is 25.3 Å². The average Bonchev–Trinajstić information content (AvgIpc) is 2.58. The number of aryl methyl sites for hydroxylation is 1. The van der Waals surface area contributed by atoms with E-state index in [2.05, 4.69) is 10.6 Å². The molecule has 126 valence electrons. The number of para-hydroxylation sites is 2. The zero-order chi connectivity index (χ0) is 17.5. The molecular formula is C18H21N3O3. The maximum absolute atomic E-state index is 12.4. The van der Waals surface area contributed by atoms with Crippen LogP contribution in [0.15, 0.2) is 48.5 Å². The Bertz CT molecular complexity index is 731. The van der Waals surface area contributed by atoms with E-state index in [1.807, 2.05) is 43.3 Å². The Morgan fingerprint density at radius 2 is 1.75 bits per heavy atom. The highest BCUT2D eigenvalue weighted by molar-refractivity contribution is 5.90. The normalized spacial score (nSPS) is 9.96. The van der Waals surface area contributed by atoms with Crippen LogP contribution in [0.4, 0.5) is 15.3 Å². The molecule has 0 bridgehead atoms. The van der Waals surface area contributed by atoms with E-state index in [1.54, 1.807) is 19.2 Å². The highest BCUT2D eigenvalue weighted by atomic mass is 16.6. The lowest BCUT2D eigenvalue weighted by molar-refractivity contribution is 0.201. The quantitative estimate of drug-likeness (QED) is 0.904. The first-order chi connectivity index (χ1) is 11.5. The van der Waals surface area contributed by atoms with E-state index >= 15 is 0 Å². The molecule has 6 nitrogen and oxygen atoms in total. The van der Waals surface area contributed by atoms with Gasteiger partial charge in [0.15, 0.2) is 0 Å². The van der Waals surface area contributed by atoms with Crippen LogP contribution in [-0.2, 0) is 6.54 Å². The number of benzene rings is 2. The van der Waals surface area contributed by atoms with Crippen LogP contribution in [0.5, 0.6) is 5.75 Å². The van der Waals surface area contributed by atoms with E-state index in [4.69, 9.17) is 4.74 Å². The summed E-state index contributed by atoms with van der Waals surface area (Å²) in [4.78, 5) is 25.3. The summed E-state index contributed by atoms with van der Waals surface area (Å²) in [6.07, 6.45) is -0.547. The van der Waals surface area contributed by atoms with Gasteiger partial charge in [-0.1, -0.05) is 36.4 Å². The summed E-state index contributed by atoms with van der Waals surface area (Å²) >= 11 is 0. The topological polar surface area (TPSA) is 70.7 Å². The second kappa shape index (κ2) is 8.01. The van der Waals surface area contributed by atoms with Crippen molar-refractivity contribution in [1.29, 1.82) is 0 Å². The number of urea groups is 1. The molecule has 2 rings (SSSR count). The van der Waals surface area contributed by atoms with Crippen LogP contribution in [0.3, 0.4) is 0 Å². The first-order valence-electron chi connectivity index (χ1n) is 7.56. The SMILES string of the molecule is CNC(=O)Oc1ccccc1CN(C)C(=O)Nc1ccccc1C. The third-order valence-electron chi connectivity index (χ3n) is 3.52. The van der Waals surface area contributed by atoms with Gasteiger partial charge in [-0.15, -0.1) is 0 Å². The predicted octanol–water partition coefficient (Wildman–Crippen LogP) is 3.38. The summed E-state index contributed by atoms with van der Waals surface area (Å²) in [5, 5.41) is 5.27. The van der Waals surface area contributed by atoms with Gasteiger partial charge >= 0.3 is 12.1 Å². The van der Waals surface area contributed by atoms with Crippen LogP contribution in [0, 0.1) is 6.92 Å². The van der Waals surface area contributed by atoms with Crippen molar-refractivity contribution in [3.8, 4) is 5.75 Å². The first-order valence-corrected chi connectivity index (χ1v) is 7.56. The maximum atomic E-state index is 12.4. The van der Waals surface area contributed by atoms with Crippen molar-refractivity contribution < 1.29 is 14.3 Å². The predicted molar refractivity (Wildman–Crippen MR) is 93.2 cm³/mol. The fourth-order valence-corrected chi connectivity index (χ4v) is 2.14. The molecule has 24 heavy (non-hydrogen) atoms. The molecule has 0 aliphatic carbocycles. The molecule has 0 radical (unpaired) electrons. The Morgan fingerprint density at radius 3 is 2.46 bits per heavy atom. The number of carbonyl (C=O) groups is 2. The van der Waals surface area contributed by atoms with Crippen LogP contribution in [-0.4, -0.2) is 31.1 Å². The number of hydrogen-bond donors (Lipinski definition) is 2. The average molecular weight is 327 g/mol. The Kier molecular flexibility index (Phi) is 5.78. The number of anilines is 1. The molecule has 2 aromatic rings. The summed E-state index contributed by atoms with van der Waals surface area (Å²) in [6.45, 7) is 2.24. The zero-order valence-electron chi connectivity index (χ0n) is 14.0. The molecule has 0 heterocycles. The van der Waals surface area contributed by atoms with Gasteiger partial charge in [0.05, 0.1) is 6.54 Å². The minimum absolute atomic E-state index is 0.237. The van der Waals surface area contributed by atoms with E-state index < -0.39 is 6.09 Å². The van der Waals surface area contributed by atoms with Gasteiger partial charge in [-0.05, 0) is 24.6 Å². The number of ether oxygens (including phenoxy) is 1. The minimum Gasteiger partial charge on any atom is -0.410 e. The van der Waals surface area contributed by atoms with Crippen molar-refractivity contribution in [2.75, 3.05) is 19.4 Å². The summed E-state index contributed by atoms with van der Waals surface area (Å²) < 4.78 is 5.20. The van der Waals surface area contributed by atoms with Crippen molar-refractivity contribution in [2.45, 2.75) is 13.5 Å². The number of amides is 3. The molecule has 6 heteroatoms. The van der Waals surface area contributed by atoms with Crippen molar-refractivity contribution in [1.82, 2.24) is 10.2 Å². The third kappa shape index (κ3) is 4.49. The van der Waals surface area contributed by atoms with Crippen LogP contribution >= 0.6 is 0 Å². The van der Waals surface area contributed by atoms with Gasteiger partial charge in [-0.3, -0.25) is 0 Å². The van der Waals surface area contributed by atoms with E-state index in [0.29, 0.717) is 12.3 Å². The van der Waals surface area contributed by atoms with Gasteiger partial charge in [-0.2, -0.15) is 0 Å². The Labute approximate surface area is 141 Å². The van der Waals surface area contributed by atoms with Crippen molar-refractivity contribution >= 4 is 17.8 Å². The van der Waals surface area contributed by atoms with E-state index in [1.165, 1.54) is 11.9 Å². The molecule has 0 aliphatic rings. The van der Waals surface area contributed by atoms with Crippen LogP contribution in [0.25, 0.3) is 0 Å². The molecule has 0 aromatic heterocycles. The molecule has 0 saturated carbocycles. The lowest BCUT2D eigenvalue weighted by atomic mass is 10.2. The maximum Gasteiger partial charge on any atom is 0.412 e. The van der Waals surface area contributed by atoms with Gasteiger partial charge in [0.2, 0.25) is 0 Å². The van der Waals surface area contributed by atoms with E-state index in [-0.39, 0.29) is 6.03 Å². The second-order valence-electron chi connectivity index (χ2n) is 5.35. The van der Waals surface area contributed by atoms with Crippen molar-refractivity contribution in [3.05, 3.63) is 59.7 Å². The Morgan fingerprint density at radius 1 is 1.08 bits per heavy atom. The standard InChI is InChI=1S/C18H21N3O3/c1-13-8-4-6-10-15(13)20-17(22)21(3)12-14-9-5-7-11-16(14)24-18(23)19-2/h4-11H,12H2,1-3H3,(H,19,23)(H,20,22). The molecule has 0 saturated heterocycles. The van der Waals surface area contributed by atoms with Crippen molar-refractivity contribution in [3.63, 3.8) is 0 Å². The Balaban J connectivity index is 2.06. The van der Waals surface area contributed by atoms with E-state index in [9.17, 15) is 9.59 Å². The number of nitrogens with one attached hydrogen (secondary N) is 2. The number of hydrogen-bond acceptors (Lipinski definition) is 3. The largest absolute Gasteiger partial charge is 0.412 e.